The lowest BCUT2D eigenvalue weighted by Crippen LogP contribution is -2.32. The average molecular weight is 430 g/mol. The van der Waals surface area contributed by atoms with Crippen molar-refractivity contribution in [3.63, 3.8) is 0 Å². The zero-order valence-corrected chi connectivity index (χ0v) is 18.2. The van der Waals surface area contributed by atoms with Crippen LogP contribution in [0.2, 0.25) is 0 Å². The van der Waals surface area contributed by atoms with Gasteiger partial charge in [-0.05, 0) is 43.5 Å². The molecule has 1 aromatic heterocycles. The number of fused-ring (bicyclic) bond motifs is 1. The minimum absolute atomic E-state index is 0.0362. The predicted molar refractivity (Wildman–Crippen MR) is 124 cm³/mol. The second-order valence-electron chi connectivity index (χ2n) is 7.92. The number of amides is 1. The van der Waals surface area contributed by atoms with Crippen LogP contribution in [0.25, 0.3) is 17.0 Å². The van der Waals surface area contributed by atoms with Crippen LogP contribution in [0.1, 0.15) is 24.0 Å². The number of hydrogen-bond donors (Lipinski definition) is 1. The number of nitriles is 1. The van der Waals surface area contributed by atoms with Gasteiger partial charge < -0.3 is 19.4 Å². The third-order valence-electron chi connectivity index (χ3n) is 5.68. The smallest absolute Gasteiger partial charge is 0.262 e. The molecule has 2 aromatic carbocycles. The standard InChI is InChI=1S/C26H27N3O3/c1-19-7-2-5-11-25(19)32-14-12-29-18-21(23-9-3-4-10-24(23)29)15-20(16-27)26(30)28-17-22-8-6-13-31-22/h2-5,7,9-11,15,18,22H,6,8,12-14,17H2,1H3,(H,28,30)/b20-15+. The van der Waals surface area contributed by atoms with E-state index in [0.29, 0.717) is 19.7 Å². The highest BCUT2D eigenvalue weighted by molar-refractivity contribution is 6.04. The maximum absolute atomic E-state index is 12.6. The van der Waals surface area contributed by atoms with Crippen molar-refractivity contribution in [3.8, 4) is 11.8 Å². The summed E-state index contributed by atoms with van der Waals surface area (Å²) in [5, 5.41) is 13.4. The Bertz CT molecular complexity index is 1170. The van der Waals surface area contributed by atoms with E-state index in [2.05, 4.69) is 9.88 Å². The van der Waals surface area contributed by atoms with Gasteiger partial charge >= 0.3 is 0 Å². The molecule has 1 atom stereocenters. The molecule has 1 aliphatic rings. The van der Waals surface area contributed by atoms with Crippen LogP contribution in [0.5, 0.6) is 5.75 Å². The minimum atomic E-state index is -0.372. The Morgan fingerprint density at radius 1 is 1.28 bits per heavy atom. The Hall–Kier alpha value is -3.56. The second-order valence-corrected chi connectivity index (χ2v) is 7.92. The molecule has 3 aromatic rings. The lowest BCUT2D eigenvalue weighted by molar-refractivity contribution is -0.117. The molecule has 0 radical (unpaired) electrons. The lowest BCUT2D eigenvalue weighted by atomic mass is 10.1. The first kappa shape index (κ1) is 21.7. The van der Waals surface area contributed by atoms with Crippen LogP contribution in [0.15, 0.2) is 60.3 Å². The number of nitrogens with zero attached hydrogens (tertiary/aromatic N) is 2. The van der Waals surface area contributed by atoms with E-state index in [1.807, 2.05) is 67.7 Å². The quantitative estimate of drug-likeness (QED) is 0.429. The molecule has 0 aliphatic carbocycles. The highest BCUT2D eigenvalue weighted by Gasteiger charge is 2.18. The molecule has 1 aliphatic heterocycles. The summed E-state index contributed by atoms with van der Waals surface area (Å²) >= 11 is 0. The van der Waals surface area contributed by atoms with Crippen molar-refractivity contribution < 1.29 is 14.3 Å². The van der Waals surface area contributed by atoms with Gasteiger partial charge in [0.15, 0.2) is 0 Å². The number of carbonyl (C=O) groups is 1. The fourth-order valence-corrected chi connectivity index (χ4v) is 3.96. The van der Waals surface area contributed by atoms with Crippen molar-refractivity contribution in [2.24, 2.45) is 0 Å². The predicted octanol–water partition coefficient (Wildman–Crippen LogP) is 4.23. The zero-order chi connectivity index (χ0) is 22.3. The summed E-state index contributed by atoms with van der Waals surface area (Å²) in [6, 6.07) is 18.0. The zero-order valence-electron chi connectivity index (χ0n) is 18.2. The molecule has 1 unspecified atom stereocenters. The average Bonchev–Trinajstić information content (AvgIpc) is 3.45. The first-order valence-corrected chi connectivity index (χ1v) is 10.9. The molecule has 1 saturated heterocycles. The Balaban J connectivity index is 1.50. The van der Waals surface area contributed by atoms with Crippen LogP contribution >= 0.6 is 0 Å². The van der Waals surface area contributed by atoms with Crippen molar-refractivity contribution in [1.82, 2.24) is 9.88 Å². The van der Waals surface area contributed by atoms with Crippen LogP contribution < -0.4 is 10.1 Å². The number of rotatable bonds is 8. The summed E-state index contributed by atoms with van der Waals surface area (Å²) in [7, 11) is 0. The number of nitrogens with one attached hydrogen (secondary N) is 1. The van der Waals surface area contributed by atoms with Crippen molar-refractivity contribution in [2.45, 2.75) is 32.4 Å². The molecule has 32 heavy (non-hydrogen) atoms. The van der Waals surface area contributed by atoms with Gasteiger partial charge in [-0.3, -0.25) is 4.79 Å². The van der Waals surface area contributed by atoms with E-state index >= 15 is 0 Å². The van der Waals surface area contributed by atoms with Gasteiger partial charge in [0.05, 0.1) is 12.6 Å². The Kier molecular flexibility index (Phi) is 6.88. The molecule has 0 bridgehead atoms. The first-order valence-electron chi connectivity index (χ1n) is 10.9. The first-order chi connectivity index (χ1) is 15.7. The van der Waals surface area contributed by atoms with Crippen LogP contribution in [0.4, 0.5) is 0 Å². The normalized spacial score (nSPS) is 16.1. The lowest BCUT2D eigenvalue weighted by Gasteiger charge is -2.10. The van der Waals surface area contributed by atoms with E-state index in [4.69, 9.17) is 9.47 Å². The van der Waals surface area contributed by atoms with Crippen molar-refractivity contribution in [3.05, 3.63) is 71.4 Å². The summed E-state index contributed by atoms with van der Waals surface area (Å²) in [6.45, 7) is 4.34. The number of para-hydroxylation sites is 2. The topological polar surface area (TPSA) is 76.3 Å². The second kappa shape index (κ2) is 10.2. The number of carbonyl (C=O) groups excluding carboxylic acids is 1. The van der Waals surface area contributed by atoms with Gasteiger partial charge in [-0.25, -0.2) is 0 Å². The van der Waals surface area contributed by atoms with Gasteiger partial charge in [-0.2, -0.15) is 5.26 Å². The summed E-state index contributed by atoms with van der Waals surface area (Å²) in [5.41, 5.74) is 3.05. The Morgan fingerprint density at radius 3 is 2.88 bits per heavy atom. The van der Waals surface area contributed by atoms with E-state index in [-0.39, 0.29) is 17.6 Å². The molecule has 0 saturated carbocycles. The fraction of sp³-hybridized carbons (Fsp3) is 0.308. The SMILES string of the molecule is Cc1ccccc1OCCn1cc(/C=C(\C#N)C(=O)NCC2CCCO2)c2ccccc21. The molecule has 1 amide bonds. The highest BCUT2D eigenvalue weighted by atomic mass is 16.5. The fourth-order valence-electron chi connectivity index (χ4n) is 3.96. The van der Waals surface area contributed by atoms with Crippen LogP contribution in [-0.2, 0) is 16.1 Å². The number of benzene rings is 2. The van der Waals surface area contributed by atoms with E-state index < -0.39 is 0 Å². The van der Waals surface area contributed by atoms with E-state index in [1.54, 1.807) is 6.08 Å². The van der Waals surface area contributed by atoms with Gasteiger partial charge in [-0.15, -0.1) is 0 Å². The maximum Gasteiger partial charge on any atom is 0.262 e. The molecule has 6 heteroatoms. The number of aromatic nitrogens is 1. The minimum Gasteiger partial charge on any atom is -0.491 e. The monoisotopic (exact) mass is 429 g/mol. The van der Waals surface area contributed by atoms with Gasteiger partial charge in [0.25, 0.3) is 5.91 Å². The van der Waals surface area contributed by atoms with Gasteiger partial charge in [0, 0.05) is 35.8 Å². The number of aryl methyl sites for hydroxylation is 1. The molecule has 0 spiro atoms. The summed E-state index contributed by atoms with van der Waals surface area (Å²) in [4.78, 5) is 12.6. The Morgan fingerprint density at radius 2 is 2.09 bits per heavy atom. The maximum atomic E-state index is 12.6. The molecular formula is C26H27N3O3. The van der Waals surface area contributed by atoms with Gasteiger partial charge in [0.1, 0.15) is 24.0 Å². The number of ether oxygens (including phenoxy) is 2. The molecule has 164 valence electrons. The molecule has 6 nitrogen and oxygen atoms in total. The summed E-state index contributed by atoms with van der Waals surface area (Å²) in [6.07, 6.45) is 5.61. The highest BCUT2D eigenvalue weighted by Crippen LogP contribution is 2.24. The molecular weight excluding hydrogens is 402 g/mol. The van der Waals surface area contributed by atoms with E-state index in [1.165, 1.54) is 0 Å². The van der Waals surface area contributed by atoms with Gasteiger partial charge in [0.2, 0.25) is 0 Å². The van der Waals surface area contributed by atoms with Crippen LogP contribution in [-0.4, -0.2) is 36.3 Å². The van der Waals surface area contributed by atoms with Gasteiger partial charge in [-0.1, -0.05) is 36.4 Å². The third-order valence-corrected chi connectivity index (χ3v) is 5.68. The van der Waals surface area contributed by atoms with E-state index in [0.717, 1.165) is 47.2 Å². The van der Waals surface area contributed by atoms with E-state index in [9.17, 15) is 10.1 Å². The van der Waals surface area contributed by atoms with Crippen molar-refractivity contribution in [2.75, 3.05) is 19.8 Å². The van der Waals surface area contributed by atoms with Crippen LogP contribution in [0.3, 0.4) is 0 Å². The molecule has 1 fully saturated rings. The third kappa shape index (κ3) is 5.01. The summed E-state index contributed by atoms with van der Waals surface area (Å²) in [5.74, 6) is 0.501. The number of hydrogen-bond acceptors (Lipinski definition) is 4. The van der Waals surface area contributed by atoms with Crippen molar-refractivity contribution >= 4 is 22.9 Å². The van der Waals surface area contributed by atoms with Crippen LogP contribution in [0, 0.1) is 18.3 Å². The molecule has 4 rings (SSSR count). The molecule has 2 heterocycles. The van der Waals surface area contributed by atoms with Crippen molar-refractivity contribution in [1.29, 1.82) is 5.26 Å². The summed E-state index contributed by atoms with van der Waals surface area (Å²) < 4.78 is 13.6. The molecule has 1 N–H and O–H groups in total. The largest absolute Gasteiger partial charge is 0.491 e. The Labute approximate surface area is 188 Å².